The van der Waals surface area contributed by atoms with Gasteiger partial charge in [0.25, 0.3) is 0 Å². The van der Waals surface area contributed by atoms with Crippen LogP contribution in [0.15, 0.2) is 21.9 Å². The molecule has 0 saturated carbocycles. The number of hydrogen-bond donors (Lipinski definition) is 2. The van der Waals surface area contributed by atoms with Crippen molar-refractivity contribution in [1.29, 1.82) is 0 Å². The zero-order valence-corrected chi connectivity index (χ0v) is 13.9. The number of nitrogens with one attached hydrogen (secondary N) is 2. The van der Waals surface area contributed by atoms with Crippen LogP contribution in [0.5, 0.6) is 0 Å². The molecule has 130 valence electrons. The lowest BCUT2D eigenvalue weighted by atomic mass is 10.1. The minimum absolute atomic E-state index is 0.105. The van der Waals surface area contributed by atoms with Crippen LogP contribution in [0.25, 0.3) is 0 Å². The standard InChI is InChI=1S/C16H22N4O4/c1-3-23-15(21)11-8-17-16(22)18-12(11)9-20-6-4-5-13(20)14-7-10(2)19-24-14/h7,13H,3-6,8-9H2,1-2H3,(H2,17,18,22)/t13-/m1/s1. The van der Waals surface area contributed by atoms with Crippen LogP contribution in [0.4, 0.5) is 4.79 Å². The van der Waals surface area contributed by atoms with Crippen LogP contribution in [0.2, 0.25) is 0 Å². The second-order valence-corrected chi connectivity index (χ2v) is 5.98. The molecule has 1 aromatic rings. The summed E-state index contributed by atoms with van der Waals surface area (Å²) >= 11 is 0. The predicted molar refractivity (Wildman–Crippen MR) is 85.0 cm³/mol. The third-order valence-electron chi connectivity index (χ3n) is 4.28. The molecular formula is C16H22N4O4. The first-order chi connectivity index (χ1) is 11.6. The van der Waals surface area contributed by atoms with Gasteiger partial charge < -0.3 is 19.9 Å². The van der Waals surface area contributed by atoms with Crippen LogP contribution in [0, 0.1) is 6.92 Å². The number of nitrogens with zero attached hydrogens (tertiary/aromatic N) is 2. The van der Waals surface area contributed by atoms with Gasteiger partial charge in [-0.1, -0.05) is 5.16 Å². The van der Waals surface area contributed by atoms with E-state index in [-0.39, 0.29) is 18.6 Å². The highest BCUT2D eigenvalue weighted by molar-refractivity contribution is 5.93. The molecule has 24 heavy (non-hydrogen) atoms. The van der Waals surface area contributed by atoms with Gasteiger partial charge in [-0.15, -0.1) is 0 Å². The van der Waals surface area contributed by atoms with E-state index in [0.717, 1.165) is 30.8 Å². The number of likely N-dealkylation sites (tertiary alicyclic amines) is 1. The fourth-order valence-corrected chi connectivity index (χ4v) is 3.16. The third-order valence-corrected chi connectivity index (χ3v) is 4.28. The molecule has 1 atom stereocenters. The minimum Gasteiger partial charge on any atom is -0.463 e. The van der Waals surface area contributed by atoms with E-state index in [1.165, 1.54) is 0 Å². The van der Waals surface area contributed by atoms with Gasteiger partial charge in [0.1, 0.15) is 0 Å². The normalized spacial score (nSPS) is 21.6. The molecule has 2 amide bonds. The fourth-order valence-electron chi connectivity index (χ4n) is 3.16. The number of urea groups is 1. The second-order valence-electron chi connectivity index (χ2n) is 5.98. The summed E-state index contributed by atoms with van der Waals surface area (Å²) < 4.78 is 10.5. The molecule has 2 aliphatic heterocycles. The predicted octanol–water partition coefficient (Wildman–Crippen LogP) is 1.25. The van der Waals surface area contributed by atoms with Crippen molar-refractivity contribution in [2.24, 2.45) is 0 Å². The maximum absolute atomic E-state index is 12.1. The molecule has 8 nitrogen and oxygen atoms in total. The smallest absolute Gasteiger partial charge is 0.337 e. The molecule has 2 N–H and O–H groups in total. The highest BCUT2D eigenvalue weighted by atomic mass is 16.5. The van der Waals surface area contributed by atoms with Gasteiger partial charge in [-0.25, -0.2) is 9.59 Å². The Morgan fingerprint density at radius 1 is 1.54 bits per heavy atom. The summed E-state index contributed by atoms with van der Waals surface area (Å²) in [6.07, 6.45) is 1.99. The monoisotopic (exact) mass is 334 g/mol. The number of carbonyl (C=O) groups is 2. The zero-order chi connectivity index (χ0) is 17.1. The van der Waals surface area contributed by atoms with Gasteiger partial charge >= 0.3 is 12.0 Å². The number of aryl methyl sites for hydroxylation is 1. The number of amides is 2. The van der Waals surface area contributed by atoms with E-state index in [1.807, 2.05) is 13.0 Å². The molecule has 0 radical (unpaired) electrons. The van der Waals surface area contributed by atoms with Crippen LogP contribution < -0.4 is 10.6 Å². The van der Waals surface area contributed by atoms with Crippen molar-refractivity contribution < 1.29 is 18.8 Å². The average Bonchev–Trinajstić information content (AvgIpc) is 3.16. The van der Waals surface area contributed by atoms with Gasteiger partial charge in [-0.3, -0.25) is 4.90 Å². The Balaban J connectivity index is 1.80. The summed E-state index contributed by atoms with van der Waals surface area (Å²) in [5.41, 5.74) is 1.91. The van der Waals surface area contributed by atoms with Crippen molar-refractivity contribution in [1.82, 2.24) is 20.7 Å². The van der Waals surface area contributed by atoms with Gasteiger partial charge in [0, 0.05) is 18.3 Å². The minimum atomic E-state index is -0.397. The van der Waals surface area contributed by atoms with E-state index >= 15 is 0 Å². The fraction of sp³-hybridized carbons (Fsp3) is 0.562. The van der Waals surface area contributed by atoms with Crippen molar-refractivity contribution in [3.63, 3.8) is 0 Å². The van der Waals surface area contributed by atoms with Crippen LogP contribution in [-0.4, -0.2) is 48.3 Å². The lowest BCUT2D eigenvalue weighted by molar-refractivity contribution is -0.138. The highest BCUT2D eigenvalue weighted by Gasteiger charge is 2.32. The molecule has 0 bridgehead atoms. The number of ether oxygens (including phenoxy) is 1. The zero-order valence-electron chi connectivity index (χ0n) is 13.9. The number of esters is 1. The molecule has 3 rings (SSSR count). The van der Waals surface area contributed by atoms with Gasteiger partial charge in [0.05, 0.1) is 30.5 Å². The van der Waals surface area contributed by atoms with Crippen LogP contribution >= 0.6 is 0 Å². The molecule has 1 saturated heterocycles. The number of rotatable bonds is 5. The molecule has 1 fully saturated rings. The summed E-state index contributed by atoms with van der Waals surface area (Å²) in [4.78, 5) is 26.0. The van der Waals surface area contributed by atoms with Crippen molar-refractivity contribution in [3.8, 4) is 0 Å². The second kappa shape index (κ2) is 7.04. The molecule has 3 heterocycles. The first-order valence-electron chi connectivity index (χ1n) is 8.19. The topological polar surface area (TPSA) is 96.7 Å². The SMILES string of the molecule is CCOC(=O)C1=C(CN2CCC[C@@H]2c2cc(C)no2)NC(=O)NC1. The van der Waals surface area contributed by atoms with E-state index < -0.39 is 5.97 Å². The lowest BCUT2D eigenvalue weighted by Gasteiger charge is -2.27. The quantitative estimate of drug-likeness (QED) is 0.787. The van der Waals surface area contributed by atoms with Crippen LogP contribution in [-0.2, 0) is 9.53 Å². The molecule has 0 aromatic carbocycles. The summed E-state index contributed by atoms with van der Waals surface area (Å²) in [5.74, 6) is 0.426. The van der Waals surface area contributed by atoms with Crippen molar-refractivity contribution in [2.75, 3.05) is 26.2 Å². The maximum Gasteiger partial charge on any atom is 0.337 e. The van der Waals surface area contributed by atoms with Gasteiger partial charge in [0.15, 0.2) is 5.76 Å². The van der Waals surface area contributed by atoms with Crippen molar-refractivity contribution >= 4 is 12.0 Å². The Labute approximate surface area is 140 Å². The summed E-state index contributed by atoms with van der Waals surface area (Å²) in [6.45, 7) is 5.46. The first-order valence-corrected chi connectivity index (χ1v) is 8.19. The highest BCUT2D eigenvalue weighted by Crippen LogP contribution is 2.32. The molecule has 8 heteroatoms. The summed E-state index contributed by atoms with van der Waals surface area (Å²) in [6, 6.07) is 1.74. The number of carbonyl (C=O) groups excluding carboxylic acids is 2. The molecule has 0 spiro atoms. The van der Waals surface area contributed by atoms with E-state index in [4.69, 9.17) is 9.26 Å². The van der Waals surface area contributed by atoms with Gasteiger partial charge in [0.2, 0.25) is 0 Å². The third kappa shape index (κ3) is 3.43. The van der Waals surface area contributed by atoms with E-state index in [9.17, 15) is 9.59 Å². The van der Waals surface area contributed by atoms with Crippen molar-refractivity contribution in [2.45, 2.75) is 32.7 Å². The van der Waals surface area contributed by atoms with Crippen molar-refractivity contribution in [3.05, 3.63) is 28.8 Å². The van der Waals surface area contributed by atoms with Crippen LogP contribution in [0.3, 0.4) is 0 Å². The Morgan fingerprint density at radius 2 is 2.38 bits per heavy atom. The van der Waals surface area contributed by atoms with E-state index in [1.54, 1.807) is 6.92 Å². The average molecular weight is 334 g/mol. The van der Waals surface area contributed by atoms with Gasteiger partial charge in [-0.2, -0.15) is 0 Å². The largest absolute Gasteiger partial charge is 0.463 e. The number of hydrogen-bond acceptors (Lipinski definition) is 6. The van der Waals surface area contributed by atoms with Gasteiger partial charge in [-0.05, 0) is 33.2 Å². The van der Waals surface area contributed by atoms with Crippen LogP contribution in [0.1, 0.15) is 37.3 Å². The maximum atomic E-state index is 12.1. The lowest BCUT2D eigenvalue weighted by Crippen LogP contribution is -2.46. The summed E-state index contributed by atoms with van der Waals surface area (Å²) in [7, 11) is 0. The van der Waals surface area contributed by atoms with E-state index in [0.29, 0.717) is 24.4 Å². The summed E-state index contributed by atoms with van der Waals surface area (Å²) in [5, 5.41) is 9.32. The molecule has 0 unspecified atom stereocenters. The number of aromatic nitrogens is 1. The molecular weight excluding hydrogens is 312 g/mol. The Hall–Kier alpha value is -2.35. The Morgan fingerprint density at radius 3 is 3.08 bits per heavy atom. The Kier molecular flexibility index (Phi) is 4.84. The Bertz CT molecular complexity index is 667. The molecule has 1 aromatic heterocycles. The first kappa shape index (κ1) is 16.5. The molecule has 0 aliphatic carbocycles. The van der Waals surface area contributed by atoms with E-state index in [2.05, 4.69) is 20.7 Å². The molecule has 2 aliphatic rings.